The fourth-order valence-corrected chi connectivity index (χ4v) is 3.30. The average molecular weight is 428 g/mol. The molecule has 1 unspecified atom stereocenters. The van der Waals surface area contributed by atoms with Gasteiger partial charge in [0.2, 0.25) is 0 Å². The molecule has 0 spiro atoms. The van der Waals surface area contributed by atoms with Crippen molar-refractivity contribution in [3.63, 3.8) is 0 Å². The predicted octanol–water partition coefficient (Wildman–Crippen LogP) is 2.38. The largest absolute Gasteiger partial charge is 0.481 e. The first-order valence-corrected chi connectivity index (χ1v) is 11.6. The van der Waals surface area contributed by atoms with E-state index in [2.05, 4.69) is 5.73 Å². The zero-order valence-electron chi connectivity index (χ0n) is 17.2. The van der Waals surface area contributed by atoms with Crippen LogP contribution >= 0.6 is 7.82 Å². The van der Waals surface area contributed by atoms with Gasteiger partial charge in [0.1, 0.15) is 12.7 Å². The highest BCUT2D eigenvalue weighted by Crippen LogP contribution is 2.42. The van der Waals surface area contributed by atoms with Crippen molar-refractivity contribution in [2.75, 3.05) is 40.1 Å². The summed E-state index contributed by atoms with van der Waals surface area (Å²) in [5.74, 6) is -0.710. The maximum absolute atomic E-state index is 11.6. The van der Waals surface area contributed by atoms with Gasteiger partial charge in [0.25, 0.3) is 0 Å². The van der Waals surface area contributed by atoms with E-state index >= 15 is 0 Å². The second kappa shape index (κ2) is 18.5. The van der Waals surface area contributed by atoms with Gasteiger partial charge in [0, 0.05) is 20.1 Å². The number of aliphatic carboxylic acids is 1. The van der Waals surface area contributed by atoms with E-state index in [4.69, 9.17) is 23.6 Å². The summed E-state index contributed by atoms with van der Waals surface area (Å²) in [5, 5.41) is 8.55. The monoisotopic (exact) mass is 428 g/mol. The van der Waals surface area contributed by atoms with Crippen molar-refractivity contribution < 1.29 is 43.6 Å². The minimum absolute atomic E-state index is 0.0622. The predicted molar refractivity (Wildman–Crippen MR) is 105 cm³/mol. The summed E-state index contributed by atoms with van der Waals surface area (Å²) in [7, 11) is -2.55. The van der Waals surface area contributed by atoms with Crippen molar-refractivity contribution in [1.82, 2.24) is 0 Å². The summed E-state index contributed by atoms with van der Waals surface area (Å²) >= 11 is 0. The lowest BCUT2D eigenvalue weighted by Gasteiger charge is -2.17. The summed E-state index contributed by atoms with van der Waals surface area (Å²) in [6.07, 6.45) is 9.49. The molecular weight excluding hydrogens is 389 g/mol. The zero-order valence-corrected chi connectivity index (χ0v) is 18.1. The second-order valence-corrected chi connectivity index (χ2v) is 8.16. The lowest BCUT2D eigenvalue weighted by Crippen LogP contribution is -2.52. The molecule has 28 heavy (non-hydrogen) atoms. The molecule has 0 aliphatic heterocycles. The van der Waals surface area contributed by atoms with Crippen molar-refractivity contribution in [3.8, 4) is 0 Å². The van der Waals surface area contributed by atoms with Gasteiger partial charge in [-0.2, -0.15) is 0 Å². The lowest BCUT2D eigenvalue weighted by atomic mass is 10.1. The Morgan fingerprint density at radius 2 is 1.50 bits per heavy atom. The Morgan fingerprint density at radius 3 is 2.04 bits per heavy atom. The van der Waals surface area contributed by atoms with E-state index in [9.17, 15) is 14.3 Å². The Kier molecular flexibility index (Phi) is 18.1. The van der Waals surface area contributed by atoms with Gasteiger partial charge in [-0.15, -0.1) is 0 Å². The lowest BCUT2D eigenvalue weighted by molar-refractivity contribution is -0.371. The highest BCUT2D eigenvalue weighted by atomic mass is 31.2. The van der Waals surface area contributed by atoms with Crippen LogP contribution < -0.4 is 5.73 Å². The number of unbranched alkanes of at least 4 members (excludes halogenated alkanes) is 8. The van der Waals surface area contributed by atoms with Gasteiger partial charge in [-0.05, 0) is 12.8 Å². The van der Waals surface area contributed by atoms with Crippen molar-refractivity contribution in [2.24, 2.45) is 0 Å². The van der Waals surface area contributed by atoms with Crippen LogP contribution in [0.4, 0.5) is 0 Å². The molecule has 0 aromatic rings. The minimum Gasteiger partial charge on any atom is -0.481 e. The van der Waals surface area contributed by atoms with Crippen LogP contribution in [0.5, 0.6) is 0 Å². The van der Waals surface area contributed by atoms with Crippen molar-refractivity contribution in [3.05, 3.63) is 0 Å². The Hall–Kier alpha value is -0.540. The Labute approximate surface area is 168 Å². The second-order valence-electron chi connectivity index (χ2n) is 6.71. The highest BCUT2D eigenvalue weighted by Gasteiger charge is 2.23. The fraction of sp³-hybridized carbons (Fsp3) is 0.944. The number of hydrogen-bond acceptors (Lipinski definition) is 6. The number of carboxylic acids is 1. The molecule has 0 saturated carbocycles. The van der Waals surface area contributed by atoms with Crippen LogP contribution in [0.25, 0.3) is 0 Å². The maximum Gasteiger partial charge on any atom is 0.472 e. The SMILES string of the molecule is CO[C@H](COCCCCCCCCCCCC(=O)O)COP(=O)(O)OCC[NH3+]. The molecule has 0 aliphatic rings. The highest BCUT2D eigenvalue weighted by molar-refractivity contribution is 7.47. The molecular formula is C18H39NO8P+. The van der Waals surface area contributed by atoms with E-state index in [0.717, 1.165) is 38.5 Å². The van der Waals surface area contributed by atoms with Gasteiger partial charge in [-0.3, -0.25) is 13.8 Å². The molecule has 5 N–H and O–H groups in total. The zero-order chi connectivity index (χ0) is 21.1. The first-order valence-electron chi connectivity index (χ1n) is 10.1. The molecule has 168 valence electrons. The van der Waals surface area contributed by atoms with Gasteiger partial charge in [0.05, 0.1) is 19.8 Å². The first-order chi connectivity index (χ1) is 13.4. The first kappa shape index (κ1) is 27.5. The molecule has 2 atom stereocenters. The number of ether oxygens (including phenoxy) is 2. The summed E-state index contributed by atoms with van der Waals surface area (Å²) < 4.78 is 31.9. The standard InChI is InChI=1S/C18H38NO8P/c1-24-17(16-27-28(22,23)26-14-12-19)15-25-13-10-8-6-4-2-3-5-7-9-11-18(20)21/h17H,2-16,19H2,1H3,(H,20,21)(H,22,23)/p+1/t17-/m1/s1. The van der Waals surface area contributed by atoms with Gasteiger partial charge in [0.15, 0.2) is 0 Å². The molecule has 0 bridgehead atoms. The van der Waals surface area contributed by atoms with Crippen LogP contribution in [-0.2, 0) is 27.9 Å². The Balaban J connectivity index is 3.48. The topological polar surface area (TPSA) is 139 Å². The molecule has 0 rings (SSSR count). The van der Waals surface area contributed by atoms with Crippen LogP contribution in [0.2, 0.25) is 0 Å². The van der Waals surface area contributed by atoms with Crippen LogP contribution in [0, 0.1) is 0 Å². The maximum atomic E-state index is 11.6. The van der Waals surface area contributed by atoms with Crippen LogP contribution in [0.1, 0.15) is 64.2 Å². The number of carbonyl (C=O) groups is 1. The molecule has 0 aromatic carbocycles. The smallest absolute Gasteiger partial charge is 0.472 e. The van der Waals surface area contributed by atoms with E-state index in [1.54, 1.807) is 0 Å². The van der Waals surface area contributed by atoms with Crippen molar-refractivity contribution in [2.45, 2.75) is 70.3 Å². The van der Waals surface area contributed by atoms with Gasteiger partial charge in [-0.25, -0.2) is 4.57 Å². The van der Waals surface area contributed by atoms with Crippen molar-refractivity contribution >= 4 is 13.8 Å². The minimum atomic E-state index is -4.05. The summed E-state index contributed by atoms with van der Waals surface area (Å²) in [5.41, 5.74) is 3.53. The Morgan fingerprint density at radius 1 is 0.929 bits per heavy atom. The number of hydrogen-bond donors (Lipinski definition) is 3. The number of rotatable bonds is 21. The van der Waals surface area contributed by atoms with Crippen LogP contribution in [-0.4, -0.2) is 62.2 Å². The summed E-state index contributed by atoms with van der Waals surface area (Å²) in [4.78, 5) is 19.8. The summed E-state index contributed by atoms with van der Waals surface area (Å²) in [6, 6.07) is 0. The number of carboxylic acid groups (broad SMARTS) is 1. The van der Waals surface area contributed by atoms with E-state index in [0.29, 0.717) is 19.8 Å². The van der Waals surface area contributed by atoms with Crippen LogP contribution in [0.15, 0.2) is 0 Å². The van der Waals surface area contributed by atoms with E-state index in [1.807, 2.05) is 0 Å². The third-order valence-electron chi connectivity index (χ3n) is 4.14. The van der Waals surface area contributed by atoms with Crippen molar-refractivity contribution in [1.29, 1.82) is 0 Å². The molecule has 0 fully saturated rings. The third kappa shape index (κ3) is 18.8. The Bertz CT molecular complexity index is 424. The number of quaternary nitrogens is 1. The van der Waals surface area contributed by atoms with Gasteiger partial charge in [-0.1, -0.05) is 44.9 Å². The molecule has 0 amide bonds. The molecule has 10 heteroatoms. The van der Waals surface area contributed by atoms with E-state index in [-0.39, 0.29) is 19.6 Å². The average Bonchev–Trinajstić information content (AvgIpc) is 2.66. The third-order valence-corrected chi connectivity index (χ3v) is 5.12. The van der Waals surface area contributed by atoms with E-state index < -0.39 is 19.9 Å². The molecule has 0 aliphatic carbocycles. The molecule has 0 aromatic heterocycles. The summed E-state index contributed by atoms with van der Waals surface area (Å²) in [6.45, 7) is 1.28. The van der Waals surface area contributed by atoms with E-state index in [1.165, 1.54) is 26.4 Å². The normalized spacial score (nSPS) is 14.7. The molecule has 0 radical (unpaired) electrons. The number of phosphoric acid groups is 1. The molecule has 9 nitrogen and oxygen atoms in total. The quantitative estimate of drug-likeness (QED) is 0.187. The molecule has 0 heterocycles. The molecule has 0 saturated heterocycles. The fourth-order valence-electron chi connectivity index (χ4n) is 2.51. The van der Waals surface area contributed by atoms with Crippen LogP contribution in [0.3, 0.4) is 0 Å². The van der Waals surface area contributed by atoms with Gasteiger partial charge < -0.3 is 25.2 Å². The number of phosphoric ester groups is 1. The van der Waals surface area contributed by atoms with Gasteiger partial charge >= 0.3 is 13.8 Å². The number of methoxy groups -OCH3 is 1.